The summed E-state index contributed by atoms with van der Waals surface area (Å²) >= 11 is 0. The molecule has 0 aromatic heterocycles. The van der Waals surface area contributed by atoms with Crippen molar-refractivity contribution in [1.82, 2.24) is 0 Å². The van der Waals surface area contributed by atoms with E-state index >= 15 is 0 Å². The summed E-state index contributed by atoms with van der Waals surface area (Å²) in [4.78, 5) is 10.7. The topological polar surface area (TPSA) is 69.4 Å². The maximum absolute atomic E-state index is 10.7. The van der Waals surface area contributed by atoms with E-state index in [2.05, 4.69) is 4.74 Å². The maximum atomic E-state index is 10.7. The highest BCUT2D eigenvalue weighted by Gasteiger charge is 2.20. The lowest BCUT2D eigenvalue weighted by molar-refractivity contribution is -0.139. The summed E-state index contributed by atoms with van der Waals surface area (Å²) in [7, 11) is 0.0150. The number of rotatable bonds is 3. The number of carbonyl (C=O) groups is 1. The van der Waals surface area contributed by atoms with E-state index in [1.165, 1.54) is 13.4 Å². The van der Waals surface area contributed by atoms with Crippen LogP contribution in [0, 0.1) is 0 Å². The molecule has 0 rings (SSSR count). The molecule has 2 N–H and O–H groups in total. The molecule has 5 heteroatoms. The van der Waals surface area contributed by atoms with Gasteiger partial charge in [0.25, 0.3) is 0 Å². The minimum Gasteiger partial charge on any atom is -0.468 e. The van der Waals surface area contributed by atoms with Gasteiger partial charge in [-0.25, -0.2) is 0 Å². The lowest BCUT2D eigenvalue weighted by Gasteiger charge is -2.07. The fourth-order valence-electron chi connectivity index (χ4n) is 0.499. The Morgan fingerprint density at radius 1 is 1.80 bits per heavy atom. The van der Waals surface area contributed by atoms with Crippen molar-refractivity contribution in [2.24, 2.45) is 5.73 Å². The van der Waals surface area contributed by atoms with E-state index in [0.717, 1.165) is 0 Å². The SMILES string of the molecule is COC(=O)C(CN)S(C)=O. The first-order valence-corrected chi connectivity index (χ1v) is 4.35. The number of hydrogen-bond acceptors (Lipinski definition) is 4. The first-order chi connectivity index (χ1) is 4.63. The van der Waals surface area contributed by atoms with Crippen molar-refractivity contribution in [3.8, 4) is 0 Å². The summed E-state index contributed by atoms with van der Waals surface area (Å²) in [5.41, 5.74) is 5.16. The van der Waals surface area contributed by atoms with Crippen LogP contribution in [0.25, 0.3) is 0 Å². The van der Waals surface area contributed by atoms with Gasteiger partial charge >= 0.3 is 5.97 Å². The molecule has 0 amide bonds. The molecule has 4 nitrogen and oxygen atoms in total. The van der Waals surface area contributed by atoms with Gasteiger partial charge in [-0.2, -0.15) is 0 Å². The molecule has 60 valence electrons. The molecule has 0 aliphatic carbocycles. The summed E-state index contributed by atoms with van der Waals surface area (Å²) in [6, 6.07) is 0. The Hall–Kier alpha value is -0.420. The second-order valence-electron chi connectivity index (χ2n) is 1.75. The Balaban J connectivity index is 4.06. The summed E-state index contributed by atoms with van der Waals surface area (Å²) in [5, 5.41) is -0.676. The minimum atomic E-state index is -1.23. The zero-order chi connectivity index (χ0) is 8.15. The predicted molar refractivity (Wildman–Crippen MR) is 38.9 cm³/mol. The van der Waals surface area contributed by atoms with E-state index < -0.39 is 22.0 Å². The zero-order valence-electron chi connectivity index (χ0n) is 5.99. The molecule has 0 heterocycles. The zero-order valence-corrected chi connectivity index (χ0v) is 6.81. The van der Waals surface area contributed by atoms with Gasteiger partial charge in [0, 0.05) is 23.6 Å². The number of ether oxygens (including phenoxy) is 1. The van der Waals surface area contributed by atoms with E-state index in [-0.39, 0.29) is 6.54 Å². The molecule has 0 aromatic carbocycles. The molecule has 10 heavy (non-hydrogen) atoms. The summed E-state index contributed by atoms with van der Waals surface area (Å²) in [5.74, 6) is -0.511. The largest absolute Gasteiger partial charge is 0.468 e. The van der Waals surface area contributed by atoms with Crippen LogP contribution in [-0.2, 0) is 20.3 Å². The molecule has 0 aliphatic rings. The molecule has 0 bridgehead atoms. The van der Waals surface area contributed by atoms with Gasteiger partial charge in [-0.15, -0.1) is 0 Å². The Bertz CT molecular complexity index is 148. The van der Waals surface area contributed by atoms with Crippen LogP contribution < -0.4 is 5.73 Å². The maximum Gasteiger partial charge on any atom is 0.322 e. The van der Waals surface area contributed by atoms with Crippen LogP contribution in [-0.4, -0.2) is 35.3 Å². The molecule has 0 radical (unpaired) electrons. The highest BCUT2D eigenvalue weighted by Crippen LogP contribution is 1.93. The molecular weight excluding hydrogens is 154 g/mol. The van der Waals surface area contributed by atoms with Gasteiger partial charge < -0.3 is 10.5 Å². The standard InChI is InChI=1S/C5H11NO3S/c1-9-5(7)4(3-6)10(2)8/h4H,3,6H2,1-2H3. The van der Waals surface area contributed by atoms with Crippen LogP contribution in [0.1, 0.15) is 0 Å². The van der Waals surface area contributed by atoms with Gasteiger partial charge in [-0.1, -0.05) is 0 Å². The minimum absolute atomic E-state index is 0.0653. The highest BCUT2D eigenvalue weighted by atomic mass is 32.2. The van der Waals surface area contributed by atoms with Crippen molar-refractivity contribution >= 4 is 16.8 Å². The van der Waals surface area contributed by atoms with Crippen LogP contribution in [0.3, 0.4) is 0 Å². The third-order valence-corrected chi connectivity index (χ3v) is 2.27. The van der Waals surface area contributed by atoms with Crippen LogP contribution in [0.2, 0.25) is 0 Å². The first kappa shape index (κ1) is 9.58. The third kappa shape index (κ3) is 2.45. The lowest BCUT2D eigenvalue weighted by atomic mass is 10.4. The molecule has 2 unspecified atom stereocenters. The predicted octanol–water partition coefficient (Wildman–Crippen LogP) is -1.13. The second-order valence-corrected chi connectivity index (χ2v) is 3.31. The van der Waals surface area contributed by atoms with Crippen LogP contribution in [0.4, 0.5) is 0 Å². The Labute approximate surface area is 62.2 Å². The van der Waals surface area contributed by atoms with Crippen molar-refractivity contribution in [2.45, 2.75) is 5.25 Å². The molecular formula is C5H11NO3S. The number of esters is 1. The van der Waals surface area contributed by atoms with Crippen molar-refractivity contribution in [2.75, 3.05) is 19.9 Å². The molecule has 0 aliphatic heterocycles. The third-order valence-electron chi connectivity index (χ3n) is 1.08. The Kier molecular flexibility index (Phi) is 4.22. The number of carbonyl (C=O) groups excluding carboxylic acids is 1. The fourth-order valence-corrected chi connectivity index (χ4v) is 1.14. The van der Waals surface area contributed by atoms with E-state index in [0.29, 0.717) is 0 Å². The average molecular weight is 165 g/mol. The molecule has 0 saturated heterocycles. The average Bonchev–Trinajstić information content (AvgIpc) is 1.88. The normalized spacial score (nSPS) is 15.9. The van der Waals surface area contributed by atoms with Crippen molar-refractivity contribution in [1.29, 1.82) is 0 Å². The summed E-state index contributed by atoms with van der Waals surface area (Å²) in [6.07, 6.45) is 1.43. The first-order valence-electron chi connectivity index (χ1n) is 2.73. The van der Waals surface area contributed by atoms with Crippen molar-refractivity contribution in [3.05, 3.63) is 0 Å². The highest BCUT2D eigenvalue weighted by molar-refractivity contribution is 7.85. The van der Waals surface area contributed by atoms with E-state index in [1.54, 1.807) is 0 Å². The molecule has 0 aromatic rings. The molecule has 2 atom stereocenters. The van der Waals surface area contributed by atoms with Gasteiger partial charge in [-0.3, -0.25) is 9.00 Å². The van der Waals surface area contributed by atoms with Crippen LogP contribution in [0.15, 0.2) is 0 Å². The lowest BCUT2D eigenvalue weighted by Crippen LogP contribution is -2.34. The quantitative estimate of drug-likeness (QED) is 0.537. The summed E-state index contributed by atoms with van der Waals surface area (Å²) < 4.78 is 15.1. The molecule has 0 saturated carbocycles. The smallest absolute Gasteiger partial charge is 0.322 e. The number of hydrogen-bond donors (Lipinski definition) is 1. The van der Waals surface area contributed by atoms with Crippen molar-refractivity contribution in [3.63, 3.8) is 0 Å². The Morgan fingerprint density at radius 3 is 2.40 bits per heavy atom. The van der Waals surface area contributed by atoms with Crippen LogP contribution in [0.5, 0.6) is 0 Å². The fraction of sp³-hybridized carbons (Fsp3) is 0.800. The monoisotopic (exact) mass is 165 g/mol. The number of methoxy groups -OCH3 is 1. The van der Waals surface area contributed by atoms with Gasteiger partial charge in [0.15, 0.2) is 0 Å². The molecule has 0 spiro atoms. The van der Waals surface area contributed by atoms with E-state index in [9.17, 15) is 9.00 Å². The van der Waals surface area contributed by atoms with Gasteiger partial charge in [0.1, 0.15) is 5.25 Å². The van der Waals surface area contributed by atoms with E-state index in [1.807, 2.05) is 0 Å². The van der Waals surface area contributed by atoms with Gasteiger partial charge in [-0.05, 0) is 0 Å². The summed E-state index contributed by atoms with van der Waals surface area (Å²) in [6.45, 7) is 0.0653. The van der Waals surface area contributed by atoms with Crippen molar-refractivity contribution < 1.29 is 13.7 Å². The van der Waals surface area contributed by atoms with Gasteiger partial charge in [0.05, 0.1) is 7.11 Å². The van der Waals surface area contributed by atoms with Gasteiger partial charge in [0.2, 0.25) is 0 Å². The molecule has 0 fully saturated rings. The number of nitrogens with two attached hydrogens (primary N) is 1. The van der Waals surface area contributed by atoms with Crippen LogP contribution >= 0.6 is 0 Å². The van der Waals surface area contributed by atoms with E-state index in [4.69, 9.17) is 5.73 Å². The Morgan fingerprint density at radius 2 is 2.30 bits per heavy atom. The second kappa shape index (κ2) is 4.40.